The number of likely N-dealkylation sites (tertiary alicyclic amines) is 1. The summed E-state index contributed by atoms with van der Waals surface area (Å²) < 4.78 is 10.8. The van der Waals surface area contributed by atoms with Crippen LogP contribution in [0.3, 0.4) is 0 Å². The summed E-state index contributed by atoms with van der Waals surface area (Å²) in [7, 11) is 0. The van der Waals surface area contributed by atoms with E-state index in [1.807, 2.05) is 6.92 Å². The van der Waals surface area contributed by atoms with Crippen LogP contribution < -0.4 is 0 Å². The number of hydrogen-bond donors (Lipinski definition) is 0. The van der Waals surface area contributed by atoms with E-state index in [0.717, 1.165) is 32.2 Å². The third-order valence-electron chi connectivity index (χ3n) is 6.77. The summed E-state index contributed by atoms with van der Waals surface area (Å²) in [6.07, 6.45) is 10.2. The lowest BCUT2D eigenvalue weighted by molar-refractivity contribution is -0.145. The van der Waals surface area contributed by atoms with Gasteiger partial charge in [0.1, 0.15) is 6.10 Å². The van der Waals surface area contributed by atoms with Crippen molar-refractivity contribution in [3.8, 4) is 0 Å². The van der Waals surface area contributed by atoms with E-state index in [9.17, 15) is 9.59 Å². The van der Waals surface area contributed by atoms with Crippen molar-refractivity contribution in [2.24, 2.45) is 17.8 Å². The van der Waals surface area contributed by atoms with Crippen molar-refractivity contribution in [1.82, 2.24) is 9.80 Å². The Labute approximate surface area is 161 Å². The highest BCUT2D eigenvalue weighted by Crippen LogP contribution is 2.44. The first-order valence-electron chi connectivity index (χ1n) is 10.7. The molecule has 3 fully saturated rings. The summed E-state index contributed by atoms with van der Waals surface area (Å²) >= 11 is 0. The van der Waals surface area contributed by atoms with Crippen LogP contribution in [0.4, 0.5) is 4.79 Å². The van der Waals surface area contributed by atoms with Crippen LogP contribution in [0.1, 0.15) is 45.4 Å². The van der Waals surface area contributed by atoms with Crippen LogP contribution in [-0.2, 0) is 14.3 Å². The lowest BCUT2D eigenvalue weighted by Crippen LogP contribution is -2.52. The van der Waals surface area contributed by atoms with E-state index in [-0.39, 0.29) is 24.1 Å². The number of rotatable bonds is 5. The number of carbonyl (C=O) groups excluding carboxylic acids is 2. The first-order valence-corrected chi connectivity index (χ1v) is 10.7. The van der Waals surface area contributed by atoms with Crippen molar-refractivity contribution >= 4 is 12.0 Å². The second-order valence-electron chi connectivity index (χ2n) is 8.45. The van der Waals surface area contributed by atoms with Gasteiger partial charge in [-0.2, -0.15) is 0 Å². The average Bonchev–Trinajstić information content (AvgIpc) is 3.44. The van der Waals surface area contributed by atoms with Gasteiger partial charge in [-0.05, 0) is 63.2 Å². The van der Waals surface area contributed by atoms with Gasteiger partial charge in [0.25, 0.3) is 5.91 Å². The van der Waals surface area contributed by atoms with Crippen LogP contribution >= 0.6 is 0 Å². The van der Waals surface area contributed by atoms with E-state index in [1.54, 1.807) is 4.90 Å². The van der Waals surface area contributed by atoms with Gasteiger partial charge in [0, 0.05) is 32.3 Å². The number of piperidine rings is 1. The highest BCUT2D eigenvalue weighted by Gasteiger charge is 2.41. The van der Waals surface area contributed by atoms with Crippen molar-refractivity contribution in [3.05, 3.63) is 12.2 Å². The Morgan fingerprint density at radius 1 is 1.19 bits per heavy atom. The standard InChI is InChI=1S/C21H32N2O4/c1-2-26-21(25)22-9-7-18(8-10-22)23(20(24)19-4-3-11-27-19)14-17-13-15-5-6-16(17)12-15/h5-6,15-19H,2-4,7-14H2,1H3/t15-,16+,17+,19+/m1/s1. The Bertz CT molecular complexity index is 579. The topological polar surface area (TPSA) is 59.1 Å². The minimum Gasteiger partial charge on any atom is -0.450 e. The third kappa shape index (κ3) is 4.00. The molecule has 2 aliphatic heterocycles. The van der Waals surface area contributed by atoms with E-state index in [0.29, 0.717) is 44.1 Å². The molecule has 0 aromatic rings. The zero-order chi connectivity index (χ0) is 18.8. The molecule has 0 aromatic carbocycles. The summed E-state index contributed by atoms with van der Waals surface area (Å²) in [5.74, 6) is 2.10. The number of allylic oxidation sites excluding steroid dienone is 2. The van der Waals surface area contributed by atoms with Gasteiger partial charge in [0.2, 0.25) is 0 Å². The highest BCUT2D eigenvalue weighted by atomic mass is 16.6. The number of hydrogen-bond acceptors (Lipinski definition) is 4. The first kappa shape index (κ1) is 18.8. The second-order valence-corrected chi connectivity index (χ2v) is 8.45. The molecule has 4 atom stereocenters. The van der Waals surface area contributed by atoms with Crippen molar-refractivity contribution in [1.29, 1.82) is 0 Å². The maximum absolute atomic E-state index is 13.2. The Hall–Kier alpha value is -1.56. The summed E-state index contributed by atoms with van der Waals surface area (Å²) in [6.45, 7) is 5.10. The van der Waals surface area contributed by atoms with E-state index >= 15 is 0 Å². The lowest BCUT2D eigenvalue weighted by Gasteiger charge is -2.40. The Morgan fingerprint density at radius 2 is 2.00 bits per heavy atom. The van der Waals surface area contributed by atoms with Crippen molar-refractivity contribution in [2.75, 3.05) is 32.8 Å². The zero-order valence-electron chi connectivity index (χ0n) is 16.3. The zero-order valence-corrected chi connectivity index (χ0v) is 16.3. The number of carbonyl (C=O) groups is 2. The van der Waals surface area contributed by atoms with Crippen LogP contribution in [0.2, 0.25) is 0 Å². The molecule has 0 spiro atoms. The van der Waals surface area contributed by atoms with Gasteiger partial charge in [0.15, 0.2) is 0 Å². The highest BCUT2D eigenvalue weighted by molar-refractivity contribution is 5.81. The molecule has 4 aliphatic rings. The molecule has 0 aromatic heterocycles. The maximum atomic E-state index is 13.2. The molecule has 2 saturated heterocycles. The molecule has 2 bridgehead atoms. The molecule has 2 heterocycles. The van der Waals surface area contributed by atoms with Crippen molar-refractivity contribution < 1.29 is 19.1 Å². The molecule has 6 nitrogen and oxygen atoms in total. The molecule has 27 heavy (non-hydrogen) atoms. The maximum Gasteiger partial charge on any atom is 0.409 e. The molecule has 2 aliphatic carbocycles. The second kappa shape index (κ2) is 8.21. The SMILES string of the molecule is CCOC(=O)N1CCC(N(C[C@@H]2C[C@@H]3C=C[C@H]2C3)C(=O)[C@@H]2CCCO2)CC1. The number of amides is 2. The minimum atomic E-state index is -0.262. The predicted octanol–water partition coefficient (Wildman–Crippen LogP) is 2.83. The molecule has 150 valence electrons. The summed E-state index contributed by atoms with van der Waals surface area (Å²) in [5, 5.41) is 0. The van der Waals surface area contributed by atoms with Crippen LogP contribution in [0.15, 0.2) is 12.2 Å². The molecular weight excluding hydrogens is 344 g/mol. The largest absolute Gasteiger partial charge is 0.450 e. The van der Waals surface area contributed by atoms with Gasteiger partial charge in [-0.1, -0.05) is 12.2 Å². The fourth-order valence-electron chi connectivity index (χ4n) is 5.31. The summed E-state index contributed by atoms with van der Waals surface area (Å²) in [4.78, 5) is 29.1. The predicted molar refractivity (Wildman–Crippen MR) is 101 cm³/mol. The van der Waals surface area contributed by atoms with Crippen molar-refractivity contribution in [3.63, 3.8) is 0 Å². The molecule has 4 rings (SSSR count). The Morgan fingerprint density at radius 3 is 2.59 bits per heavy atom. The summed E-state index contributed by atoms with van der Waals surface area (Å²) in [6, 6.07) is 0.204. The van der Waals surface area contributed by atoms with Gasteiger partial charge in [-0.3, -0.25) is 4.79 Å². The molecule has 0 unspecified atom stereocenters. The van der Waals surface area contributed by atoms with Gasteiger partial charge in [-0.15, -0.1) is 0 Å². The minimum absolute atomic E-state index is 0.175. The average molecular weight is 376 g/mol. The Kier molecular flexibility index (Phi) is 5.71. The first-order chi connectivity index (χ1) is 13.2. The fraction of sp³-hybridized carbons (Fsp3) is 0.810. The molecule has 0 radical (unpaired) electrons. The number of fused-ring (bicyclic) bond motifs is 2. The summed E-state index contributed by atoms with van der Waals surface area (Å²) in [5.41, 5.74) is 0. The molecule has 1 saturated carbocycles. The van der Waals surface area contributed by atoms with E-state index in [2.05, 4.69) is 17.1 Å². The van der Waals surface area contributed by atoms with Crippen LogP contribution in [0, 0.1) is 17.8 Å². The van der Waals surface area contributed by atoms with Gasteiger partial charge < -0.3 is 19.3 Å². The van der Waals surface area contributed by atoms with Crippen LogP contribution in [0.5, 0.6) is 0 Å². The van der Waals surface area contributed by atoms with Crippen LogP contribution in [0.25, 0.3) is 0 Å². The van der Waals surface area contributed by atoms with Crippen molar-refractivity contribution in [2.45, 2.75) is 57.6 Å². The van der Waals surface area contributed by atoms with E-state index < -0.39 is 0 Å². The number of ether oxygens (including phenoxy) is 2. The normalized spacial score (nSPS) is 32.9. The molecular formula is C21H32N2O4. The quantitative estimate of drug-likeness (QED) is 0.693. The smallest absolute Gasteiger partial charge is 0.409 e. The van der Waals surface area contributed by atoms with E-state index in [4.69, 9.17) is 9.47 Å². The Balaban J connectivity index is 1.41. The van der Waals surface area contributed by atoms with Gasteiger partial charge in [0.05, 0.1) is 6.61 Å². The van der Waals surface area contributed by atoms with Crippen LogP contribution in [-0.4, -0.2) is 66.8 Å². The van der Waals surface area contributed by atoms with E-state index in [1.165, 1.54) is 12.8 Å². The number of nitrogens with zero attached hydrogens (tertiary/aromatic N) is 2. The molecule has 0 N–H and O–H groups in total. The van der Waals surface area contributed by atoms with Gasteiger partial charge >= 0.3 is 6.09 Å². The third-order valence-corrected chi connectivity index (χ3v) is 6.77. The fourth-order valence-corrected chi connectivity index (χ4v) is 5.31. The van der Waals surface area contributed by atoms with Gasteiger partial charge in [-0.25, -0.2) is 4.79 Å². The molecule has 6 heteroatoms. The lowest BCUT2D eigenvalue weighted by atomic mass is 9.91. The molecule has 2 amide bonds. The monoisotopic (exact) mass is 376 g/mol.